The highest BCUT2D eigenvalue weighted by Gasteiger charge is 2.22. The lowest BCUT2D eigenvalue weighted by Gasteiger charge is -2.21. The summed E-state index contributed by atoms with van der Waals surface area (Å²) in [6.07, 6.45) is 12.7. The van der Waals surface area contributed by atoms with Gasteiger partial charge >= 0.3 is 0 Å². The first kappa shape index (κ1) is 17.4. The number of unbranched alkanes of at least 4 members (excludes halogenated alkanes) is 5. The van der Waals surface area contributed by atoms with Crippen molar-refractivity contribution in [2.45, 2.75) is 78.6 Å². The smallest absolute Gasteiger partial charge is 0.136 e. The Hall–Kier alpha value is -0.590. The number of hydrogen-bond acceptors (Lipinski definition) is 1. The Bertz CT molecular complexity index is 220. The second-order valence-electron chi connectivity index (χ2n) is 5.29. The van der Waals surface area contributed by atoms with Gasteiger partial charge in [-0.3, -0.25) is 4.79 Å². The van der Waals surface area contributed by atoms with Gasteiger partial charge in [-0.1, -0.05) is 65.4 Å². The van der Waals surface area contributed by atoms with Crippen LogP contribution in [-0.4, -0.2) is 5.78 Å². The molecule has 0 saturated carbocycles. The number of rotatable bonds is 12. The van der Waals surface area contributed by atoms with Gasteiger partial charge in [-0.25, -0.2) is 0 Å². The third-order valence-electron chi connectivity index (χ3n) is 3.91. The minimum atomic E-state index is 0.211. The van der Waals surface area contributed by atoms with Gasteiger partial charge in [0.1, 0.15) is 5.78 Å². The molecule has 0 amide bonds. The summed E-state index contributed by atoms with van der Waals surface area (Å²) in [4.78, 5) is 11.9. The normalized spacial score (nSPS) is 14.2. The Balaban J connectivity index is 3.94. The van der Waals surface area contributed by atoms with Crippen molar-refractivity contribution in [3.8, 4) is 0 Å². The number of ketones is 1. The van der Waals surface area contributed by atoms with Crippen molar-refractivity contribution in [3.05, 3.63) is 12.7 Å². The monoisotopic (exact) mass is 252 g/mol. The third kappa shape index (κ3) is 6.98. The first-order valence-electron chi connectivity index (χ1n) is 7.86. The van der Waals surface area contributed by atoms with Crippen LogP contribution in [0.5, 0.6) is 0 Å². The van der Waals surface area contributed by atoms with Crippen LogP contribution >= 0.6 is 0 Å². The molecule has 0 aromatic carbocycles. The molecule has 0 heterocycles. The van der Waals surface area contributed by atoms with E-state index in [1.807, 2.05) is 13.0 Å². The van der Waals surface area contributed by atoms with Crippen LogP contribution in [0.3, 0.4) is 0 Å². The molecular formula is C17H32O. The fourth-order valence-corrected chi connectivity index (χ4v) is 2.68. The van der Waals surface area contributed by atoms with E-state index in [0.29, 0.717) is 18.1 Å². The van der Waals surface area contributed by atoms with Gasteiger partial charge in [-0.2, -0.15) is 0 Å². The Labute approximate surface area is 114 Å². The van der Waals surface area contributed by atoms with Crippen molar-refractivity contribution in [1.29, 1.82) is 0 Å². The molecule has 0 aliphatic carbocycles. The van der Waals surface area contributed by atoms with E-state index >= 15 is 0 Å². The SMILES string of the molecule is C=CC(CCCCCCCC)C(CC)C(=O)CC. The van der Waals surface area contributed by atoms with Crippen molar-refractivity contribution in [2.75, 3.05) is 0 Å². The Kier molecular flexibility index (Phi) is 11.1. The molecule has 106 valence electrons. The summed E-state index contributed by atoms with van der Waals surface area (Å²) >= 11 is 0. The van der Waals surface area contributed by atoms with E-state index < -0.39 is 0 Å². The summed E-state index contributed by atoms with van der Waals surface area (Å²) in [6, 6.07) is 0. The topological polar surface area (TPSA) is 17.1 Å². The Morgan fingerprint density at radius 2 is 1.67 bits per heavy atom. The molecule has 0 radical (unpaired) electrons. The standard InChI is InChI=1S/C17H32O/c1-5-9-10-11-12-13-14-15(6-2)16(7-3)17(18)8-4/h6,15-16H,2,5,7-14H2,1,3-4H3. The third-order valence-corrected chi connectivity index (χ3v) is 3.91. The molecule has 0 aliphatic heterocycles. The quantitative estimate of drug-likeness (QED) is 0.329. The summed E-state index contributed by atoms with van der Waals surface area (Å²) in [5.74, 6) is 1.02. The molecule has 0 bridgehead atoms. The van der Waals surface area contributed by atoms with E-state index in [4.69, 9.17) is 0 Å². The maximum Gasteiger partial charge on any atom is 0.136 e. The molecule has 0 fully saturated rings. The zero-order valence-electron chi connectivity index (χ0n) is 12.7. The van der Waals surface area contributed by atoms with Gasteiger partial charge in [-0.05, 0) is 18.8 Å². The van der Waals surface area contributed by atoms with E-state index in [9.17, 15) is 4.79 Å². The lowest BCUT2D eigenvalue weighted by molar-refractivity contribution is -0.123. The molecular weight excluding hydrogens is 220 g/mol. The molecule has 0 spiro atoms. The number of carbonyl (C=O) groups excluding carboxylic acids is 1. The maximum absolute atomic E-state index is 11.9. The van der Waals surface area contributed by atoms with Crippen molar-refractivity contribution in [1.82, 2.24) is 0 Å². The zero-order valence-corrected chi connectivity index (χ0v) is 12.7. The highest BCUT2D eigenvalue weighted by molar-refractivity contribution is 5.81. The van der Waals surface area contributed by atoms with Gasteiger partial charge in [0.15, 0.2) is 0 Å². The summed E-state index contributed by atoms with van der Waals surface area (Å²) in [5.41, 5.74) is 0. The Morgan fingerprint density at radius 3 is 2.17 bits per heavy atom. The van der Waals surface area contributed by atoms with Crippen molar-refractivity contribution in [2.24, 2.45) is 11.8 Å². The van der Waals surface area contributed by atoms with Gasteiger partial charge < -0.3 is 0 Å². The predicted octanol–water partition coefficient (Wildman–Crippen LogP) is 5.54. The highest BCUT2D eigenvalue weighted by atomic mass is 16.1. The second kappa shape index (κ2) is 11.5. The van der Waals surface area contributed by atoms with E-state index in [1.54, 1.807) is 0 Å². The minimum absolute atomic E-state index is 0.211. The van der Waals surface area contributed by atoms with E-state index in [-0.39, 0.29) is 5.92 Å². The van der Waals surface area contributed by atoms with Gasteiger partial charge in [0, 0.05) is 12.3 Å². The molecule has 0 aromatic heterocycles. The van der Waals surface area contributed by atoms with Crippen molar-refractivity contribution >= 4 is 5.78 Å². The number of allylic oxidation sites excluding steroid dienone is 1. The number of Topliss-reactive ketones (excluding diaryl/α,β-unsaturated/α-hetero) is 1. The fourth-order valence-electron chi connectivity index (χ4n) is 2.68. The van der Waals surface area contributed by atoms with Crippen LogP contribution in [0.1, 0.15) is 78.6 Å². The van der Waals surface area contributed by atoms with Crippen LogP contribution in [0.25, 0.3) is 0 Å². The highest BCUT2D eigenvalue weighted by Crippen LogP contribution is 2.25. The van der Waals surface area contributed by atoms with Gasteiger partial charge in [0.05, 0.1) is 0 Å². The first-order valence-corrected chi connectivity index (χ1v) is 7.86. The van der Waals surface area contributed by atoms with E-state index in [2.05, 4.69) is 20.4 Å². The minimum Gasteiger partial charge on any atom is -0.299 e. The zero-order chi connectivity index (χ0) is 13.8. The number of hydrogen-bond donors (Lipinski definition) is 0. The average molecular weight is 252 g/mol. The predicted molar refractivity (Wildman–Crippen MR) is 80.8 cm³/mol. The van der Waals surface area contributed by atoms with Crippen LogP contribution in [0.4, 0.5) is 0 Å². The van der Waals surface area contributed by atoms with Gasteiger partial charge in [-0.15, -0.1) is 6.58 Å². The molecule has 1 heteroatoms. The second-order valence-corrected chi connectivity index (χ2v) is 5.29. The van der Waals surface area contributed by atoms with Gasteiger partial charge in [0.2, 0.25) is 0 Å². The van der Waals surface area contributed by atoms with E-state index in [0.717, 1.165) is 12.8 Å². The first-order chi connectivity index (χ1) is 8.71. The van der Waals surface area contributed by atoms with E-state index in [1.165, 1.54) is 38.5 Å². The largest absolute Gasteiger partial charge is 0.299 e. The molecule has 0 aromatic rings. The Morgan fingerprint density at radius 1 is 1.06 bits per heavy atom. The van der Waals surface area contributed by atoms with Gasteiger partial charge in [0.25, 0.3) is 0 Å². The number of carbonyl (C=O) groups is 1. The molecule has 0 N–H and O–H groups in total. The van der Waals surface area contributed by atoms with Crippen molar-refractivity contribution < 1.29 is 4.79 Å². The molecule has 0 saturated heterocycles. The fraction of sp³-hybridized carbons (Fsp3) is 0.824. The van der Waals surface area contributed by atoms with Crippen molar-refractivity contribution in [3.63, 3.8) is 0 Å². The molecule has 18 heavy (non-hydrogen) atoms. The average Bonchev–Trinajstić information content (AvgIpc) is 2.40. The molecule has 0 rings (SSSR count). The van der Waals surface area contributed by atoms with Crippen LogP contribution < -0.4 is 0 Å². The molecule has 2 atom stereocenters. The summed E-state index contributed by atoms with van der Waals surface area (Å²) < 4.78 is 0. The van der Waals surface area contributed by atoms with Crippen LogP contribution in [0.2, 0.25) is 0 Å². The lowest BCUT2D eigenvalue weighted by atomic mass is 9.82. The molecule has 1 nitrogen and oxygen atoms in total. The molecule has 2 unspecified atom stereocenters. The molecule has 0 aliphatic rings. The van der Waals surface area contributed by atoms with Crippen LogP contribution in [0.15, 0.2) is 12.7 Å². The lowest BCUT2D eigenvalue weighted by Crippen LogP contribution is -2.21. The van der Waals surface area contributed by atoms with Crippen LogP contribution in [-0.2, 0) is 4.79 Å². The summed E-state index contributed by atoms with van der Waals surface area (Å²) in [7, 11) is 0. The van der Waals surface area contributed by atoms with Crippen LogP contribution in [0, 0.1) is 11.8 Å². The summed E-state index contributed by atoms with van der Waals surface area (Å²) in [5, 5.41) is 0. The maximum atomic E-state index is 11.9. The summed E-state index contributed by atoms with van der Waals surface area (Å²) in [6.45, 7) is 10.3.